The van der Waals surface area contributed by atoms with Crippen molar-refractivity contribution in [3.8, 4) is 6.07 Å². The molecule has 2 N–H and O–H groups in total. The van der Waals surface area contributed by atoms with Crippen LogP contribution in [0.2, 0.25) is 0 Å². The largest absolute Gasteiger partial charge is 0.369 e. The molecule has 1 aliphatic rings. The zero-order valence-corrected chi connectivity index (χ0v) is 13.1. The second-order valence-corrected chi connectivity index (χ2v) is 5.75. The summed E-state index contributed by atoms with van der Waals surface area (Å²) in [5, 5.41) is 18.7. The van der Waals surface area contributed by atoms with Crippen LogP contribution in [-0.4, -0.2) is 22.2 Å². The first-order valence-electron chi connectivity index (χ1n) is 7.58. The van der Waals surface area contributed by atoms with E-state index in [9.17, 15) is 4.79 Å². The molecule has 2 heterocycles. The van der Waals surface area contributed by atoms with Gasteiger partial charge in [0.2, 0.25) is 0 Å². The summed E-state index contributed by atoms with van der Waals surface area (Å²) in [5.74, 6) is -0.201. The summed E-state index contributed by atoms with van der Waals surface area (Å²) in [6.45, 7) is 4.34. The number of H-pyrrole nitrogens is 1. The molecule has 6 heteroatoms. The maximum absolute atomic E-state index is 12.4. The number of carbonyl (C=O) groups excluding carboxylic acids is 1. The van der Waals surface area contributed by atoms with Crippen molar-refractivity contribution in [2.45, 2.75) is 39.0 Å². The normalized spacial score (nSPS) is 19.7. The Morgan fingerprint density at radius 2 is 2.17 bits per heavy atom. The van der Waals surface area contributed by atoms with E-state index in [0.717, 1.165) is 16.8 Å². The molecule has 1 aromatic carbocycles. The smallest absolute Gasteiger partial charge is 0.272 e. The van der Waals surface area contributed by atoms with Gasteiger partial charge in [-0.25, -0.2) is 0 Å². The minimum atomic E-state index is -0.201. The number of nitrogens with one attached hydrogen (secondary N) is 2. The first-order valence-corrected chi connectivity index (χ1v) is 7.58. The van der Waals surface area contributed by atoms with Crippen molar-refractivity contribution >= 4 is 5.91 Å². The maximum Gasteiger partial charge on any atom is 0.272 e. The van der Waals surface area contributed by atoms with Crippen LogP contribution in [0.25, 0.3) is 0 Å². The van der Waals surface area contributed by atoms with Gasteiger partial charge >= 0.3 is 0 Å². The molecule has 2 aromatic rings. The number of hydrogen-bond acceptors (Lipinski definition) is 4. The lowest BCUT2D eigenvalue weighted by Crippen LogP contribution is -2.27. The minimum Gasteiger partial charge on any atom is -0.369 e. The van der Waals surface area contributed by atoms with Crippen LogP contribution in [0, 0.1) is 11.3 Å². The summed E-state index contributed by atoms with van der Waals surface area (Å²) in [4.78, 5) is 12.4. The third-order valence-electron chi connectivity index (χ3n) is 3.98. The van der Waals surface area contributed by atoms with Gasteiger partial charge in [0.1, 0.15) is 0 Å². The highest BCUT2D eigenvalue weighted by Crippen LogP contribution is 2.30. The quantitative estimate of drug-likeness (QED) is 0.909. The molecule has 0 unspecified atom stereocenters. The number of carbonyl (C=O) groups is 1. The molecule has 1 aromatic heterocycles. The molecule has 0 bridgehead atoms. The number of nitriles is 1. The van der Waals surface area contributed by atoms with Crippen LogP contribution in [0.4, 0.5) is 0 Å². The molecule has 0 radical (unpaired) electrons. The summed E-state index contributed by atoms with van der Waals surface area (Å²) in [6, 6.07) is 9.20. The van der Waals surface area contributed by atoms with E-state index < -0.39 is 0 Å². The first-order chi connectivity index (χ1) is 11.1. The Morgan fingerprint density at radius 3 is 2.87 bits per heavy atom. The maximum atomic E-state index is 12.4. The standard InChI is InChI=1S/C17H18N4O2/c1-10-7-14-15(11(2)23-10)20-21-16(14)17(22)19-9-13-5-3-12(8-18)4-6-13/h3-6,10-11H,7,9H2,1-2H3,(H,19,22)(H,20,21)/t10-,11+/m1/s1. The average molecular weight is 310 g/mol. The minimum absolute atomic E-state index is 0.0696. The first kappa shape index (κ1) is 15.3. The monoisotopic (exact) mass is 310 g/mol. The lowest BCUT2D eigenvalue weighted by molar-refractivity contribution is -0.00697. The van der Waals surface area contributed by atoms with Gasteiger partial charge in [-0.3, -0.25) is 9.89 Å². The van der Waals surface area contributed by atoms with E-state index in [4.69, 9.17) is 10.00 Å². The van der Waals surface area contributed by atoms with Gasteiger partial charge in [0.15, 0.2) is 5.69 Å². The second-order valence-electron chi connectivity index (χ2n) is 5.75. The van der Waals surface area contributed by atoms with Crippen LogP contribution in [0.5, 0.6) is 0 Å². The van der Waals surface area contributed by atoms with Crippen molar-refractivity contribution in [3.63, 3.8) is 0 Å². The fraction of sp³-hybridized carbons (Fsp3) is 0.353. The predicted octanol–water partition coefficient (Wildman–Crippen LogP) is 2.23. The number of aromatic nitrogens is 2. The highest BCUT2D eigenvalue weighted by Gasteiger charge is 2.29. The molecular formula is C17H18N4O2. The fourth-order valence-corrected chi connectivity index (χ4v) is 2.82. The van der Waals surface area contributed by atoms with Crippen molar-refractivity contribution in [3.05, 3.63) is 52.3 Å². The highest BCUT2D eigenvalue weighted by molar-refractivity contribution is 5.94. The lowest BCUT2D eigenvalue weighted by Gasteiger charge is -2.25. The summed E-state index contributed by atoms with van der Waals surface area (Å²) < 4.78 is 5.73. The molecule has 1 amide bonds. The number of nitrogens with zero attached hydrogens (tertiary/aromatic N) is 2. The van der Waals surface area contributed by atoms with Crippen LogP contribution < -0.4 is 5.32 Å². The highest BCUT2D eigenvalue weighted by atomic mass is 16.5. The summed E-state index contributed by atoms with van der Waals surface area (Å²) in [5.41, 5.74) is 3.80. The van der Waals surface area contributed by atoms with E-state index in [2.05, 4.69) is 21.6 Å². The van der Waals surface area contributed by atoms with Crippen LogP contribution in [0.3, 0.4) is 0 Å². The van der Waals surface area contributed by atoms with Gasteiger partial charge < -0.3 is 10.1 Å². The summed E-state index contributed by atoms with van der Waals surface area (Å²) >= 11 is 0. The Labute approximate surface area is 134 Å². The van der Waals surface area contributed by atoms with Gasteiger partial charge in [0, 0.05) is 18.5 Å². The Morgan fingerprint density at radius 1 is 1.43 bits per heavy atom. The second kappa shape index (κ2) is 6.23. The number of hydrogen-bond donors (Lipinski definition) is 2. The van der Waals surface area contributed by atoms with Crippen LogP contribution in [-0.2, 0) is 17.7 Å². The Kier molecular flexibility index (Phi) is 4.13. The van der Waals surface area contributed by atoms with E-state index in [1.807, 2.05) is 26.0 Å². The van der Waals surface area contributed by atoms with E-state index in [1.165, 1.54) is 0 Å². The van der Waals surface area contributed by atoms with Crippen LogP contribution >= 0.6 is 0 Å². The van der Waals surface area contributed by atoms with Crippen molar-refractivity contribution < 1.29 is 9.53 Å². The van der Waals surface area contributed by atoms with Gasteiger partial charge in [-0.05, 0) is 31.5 Å². The fourth-order valence-electron chi connectivity index (χ4n) is 2.82. The molecule has 2 atom stereocenters. The summed E-state index contributed by atoms with van der Waals surface area (Å²) in [7, 11) is 0. The molecule has 0 saturated heterocycles. The van der Waals surface area contributed by atoms with Crippen molar-refractivity contribution in [2.24, 2.45) is 0 Å². The third-order valence-corrected chi connectivity index (χ3v) is 3.98. The number of benzene rings is 1. The van der Waals surface area contributed by atoms with Crippen LogP contribution in [0.15, 0.2) is 24.3 Å². The molecule has 0 fully saturated rings. The van der Waals surface area contributed by atoms with Crippen molar-refractivity contribution in [2.75, 3.05) is 0 Å². The van der Waals surface area contributed by atoms with Gasteiger partial charge in [0.05, 0.1) is 29.5 Å². The van der Waals surface area contributed by atoms with Crippen LogP contribution in [0.1, 0.15) is 52.8 Å². The predicted molar refractivity (Wildman–Crippen MR) is 83.6 cm³/mol. The number of fused-ring (bicyclic) bond motifs is 1. The van der Waals surface area contributed by atoms with E-state index >= 15 is 0 Å². The number of amides is 1. The zero-order valence-electron chi connectivity index (χ0n) is 13.1. The molecule has 0 aliphatic carbocycles. The van der Waals surface area contributed by atoms with Crippen molar-refractivity contribution in [1.82, 2.24) is 15.5 Å². The molecule has 1 aliphatic heterocycles. The van der Waals surface area contributed by atoms with E-state index in [-0.39, 0.29) is 18.1 Å². The molecule has 0 saturated carbocycles. The number of aromatic amines is 1. The molecule has 23 heavy (non-hydrogen) atoms. The van der Waals surface area contributed by atoms with Crippen molar-refractivity contribution in [1.29, 1.82) is 5.26 Å². The number of ether oxygens (including phenoxy) is 1. The molecule has 0 spiro atoms. The molecule has 118 valence electrons. The van der Waals surface area contributed by atoms with Gasteiger partial charge in [-0.2, -0.15) is 10.4 Å². The topological polar surface area (TPSA) is 90.8 Å². The SMILES string of the molecule is C[C@@H]1Cc2c(C(=O)NCc3ccc(C#N)cc3)n[nH]c2[C@H](C)O1. The summed E-state index contributed by atoms with van der Waals surface area (Å²) in [6.07, 6.45) is 0.664. The number of rotatable bonds is 3. The average Bonchev–Trinajstić information content (AvgIpc) is 2.97. The molecule has 3 rings (SSSR count). The van der Waals surface area contributed by atoms with Gasteiger partial charge in [-0.1, -0.05) is 12.1 Å². The van der Waals surface area contributed by atoms with Gasteiger partial charge in [0.25, 0.3) is 5.91 Å². The third kappa shape index (κ3) is 3.10. The zero-order chi connectivity index (χ0) is 16.4. The van der Waals surface area contributed by atoms with E-state index in [1.54, 1.807) is 12.1 Å². The van der Waals surface area contributed by atoms with Gasteiger partial charge in [-0.15, -0.1) is 0 Å². The molecule has 6 nitrogen and oxygen atoms in total. The Balaban J connectivity index is 1.70. The molecular weight excluding hydrogens is 292 g/mol. The lowest BCUT2D eigenvalue weighted by atomic mass is 9.99. The Bertz CT molecular complexity index is 758. The Hall–Kier alpha value is -2.65. The van der Waals surface area contributed by atoms with E-state index in [0.29, 0.717) is 24.2 Å².